The molecule has 0 saturated heterocycles. The number of esters is 1. The van der Waals surface area contributed by atoms with E-state index in [4.69, 9.17) is 10.00 Å². The molecule has 2 aromatic carbocycles. The molecular formula is C18H19N3O4S. The fourth-order valence-electron chi connectivity index (χ4n) is 2.18. The zero-order valence-electron chi connectivity index (χ0n) is 14.2. The predicted molar refractivity (Wildman–Crippen MR) is 98.4 cm³/mol. The largest absolute Gasteiger partial charge is 0.466 e. The predicted octanol–water partition coefficient (Wildman–Crippen LogP) is 2.42. The summed E-state index contributed by atoms with van der Waals surface area (Å²) >= 11 is 0. The molecule has 0 aliphatic carbocycles. The molecule has 0 unspecified atom stereocenters. The van der Waals surface area contributed by atoms with Crippen LogP contribution >= 0.6 is 0 Å². The Morgan fingerprint density at radius 2 is 1.65 bits per heavy atom. The van der Waals surface area contributed by atoms with Crippen LogP contribution in [0.5, 0.6) is 0 Å². The molecule has 0 heterocycles. The van der Waals surface area contributed by atoms with Gasteiger partial charge in [-0.15, -0.1) is 0 Å². The average Bonchev–Trinajstić information content (AvgIpc) is 2.62. The van der Waals surface area contributed by atoms with E-state index in [9.17, 15) is 13.2 Å². The summed E-state index contributed by atoms with van der Waals surface area (Å²) in [5.41, 5.74) is 2.79. The van der Waals surface area contributed by atoms with Gasteiger partial charge in [0.15, 0.2) is 0 Å². The number of nitrogens with zero attached hydrogens (tertiary/aromatic N) is 1. The van der Waals surface area contributed by atoms with Crippen molar-refractivity contribution in [2.45, 2.75) is 13.3 Å². The number of nitrogens with one attached hydrogen (secondary N) is 2. The lowest BCUT2D eigenvalue weighted by Crippen LogP contribution is -2.32. The van der Waals surface area contributed by atoms with E-state index in [-0.39, 0.29) is 19.6 Å². The van der Waals surface area contributed by atoms with Crippen LogP contribution in [0.15, 0.2) is 48.5 Å². The lowest BCUT2D eigenvalue weighted by Gasteiger charge is -2.10. The van der Waals surface area contributed by atoms with Gasteiger partial charge in [-0.25, -0.2) is 0 Å². The van der Waals surface area contributed by atoms with Crippen molar-refractivity contribution in [3.8, 4) is 17.2 Å². The van der Waals surface area contributed by atoms with Crippen molar-refractivity contribution in [2.24, 2.45) is 0 Å². The molecule has 0 atom stereocenters. The molecule has 0 aliphatic heterocycles. The molecule has 8 heteroatoms. The normalized spacial score (nSPS) is 10.8. The molecule has 26 heavy (non-hydrogen) atoms. The highest BCUT2D eigenvalue weighted by atomic mass is 32.2. The number of carbonyl (C=O) groups excluding carboxylic acids is 1. The van der Waals surface area contributed by atoms with Crippen molar-refractivity contribution in [2.75, 3.05) is 17.9 Å². The summed E-state index contributed by atoms with van der Waals surface area (Å²) in [4.78, 5) is 11.2. The minimum absolute atomic E-state index is 0.0353. The van der Waals surface area contributed by atoms with Crippen LogP contribution in [-0.2, 0) is 19.7 Å². The Balaban J connectivity index is 1.95. The summed E-state index contributed by atoms with van der Waals surface area (Å²) in [5.74, 6) is -0.457. The first-order chi connectivity index (χ1) is 12.4. The Bertz CT molecular complexity index is 886. The molecule has 7 nitrogen and oxygen atoms in total. The molecule has 0 spiro atoms. The van der Waals surface area contributed by atoms with Crippen LogP contribution in [0.2, 0.25) is 0 Å². The second kappa shape index (κ2) is 8.99. The van der Waals surface area contributed by atoms with Gasteiger partial charge < -0.3 is 4.74 Å². The van der Waals surface area contributed by atoms with E-state index in [1.54, 1.807) is 43.3 Å². The Morgan fingerprint density at radius 3 is 2.19 bits per heavy atom. The third kappa shape index (κ3) is 5.88. The van der Waals surface area contributed by atoms with E-state index in [1.165, 1.54) is 0 Å². The van der Waals surface area contributed by atoms with Crippen molar-refractivity contribution >= 4 is 21.9 Å². The second-order valence-corrected chi connectivity index (χ2v) is 6.82. The quantitative estimate of drug-likeness (QED) is 0.691. The molecule has 136 valence electrons. The highest BCUT2D eigenvalue weighted by Crippen LogP contribution is 2.22. The first-order valence-corrected chi connectivity index (χ1v) is 9.45. The Labute approximate surface area is 152 Å². The van der Waals surface area contributed by atoms with Crippen LogP contribution in [0, 0.1) is 11.3 Å². The van der Waals surface area contributed by atoms with Crippen molar-refractivity contribution in [1.82, 2.24) is 4.72 Å². The Hall–Kier alpha value is -2.89. The highest BCUT2D eigenvalue weighted by molar-refractivity contribution is 7.90. The molecule has 0 amide bonds. The van der Waals surface area contributed by atoms with Crippen molar-refractivity contribution < 1.29 is 17.9 Å². The fraction of sp³-hybridized carbons (Fsp3) is 0.222. The van der Waals surface area contributed by atoms with E-state index in [1.807, 2.05) is 12.1 Å². The van der Waals surface area contributed by atoms with Gasteiger partial charge in [0.25, 0.3) is 10.2 Å². The fourth-order valence-corrected chi connectivity index (χ4v) is 3.07. The molecule has 2 aromatic rings. The number of hydrogen-bond donors (Lipinski definition) is 2. The molecule has 2 rings (SSSR count). The summed E-state index contributed by atoms with van der Waals surface area (Å²) in [5, 5.41) is 8.82. The summed E-state index contributed by atoms with van der Waals surface area (Å²) < 4.78 is 33.3. The van der Waals surface area contributed by atoms with E-state index in [0.717, 1.165) is 11.1 Å². The number of ether oxygens (including phenoxy) is 1. The van der Waals surface area contributed by atoms with Crippen LogP contribution in [0.1, 0.15) is 18.9 Å². The standard InChI is InChI=1S/C18H19N3O4S/c1-2-25-18(22)11-12-20-26(23,24)21-17-9-7-16(8-10-17)15-5-3-14(13-19)4-6-15/h3-10,20-21H,2,11-12H2,1H3. The van der Waals surface area contributed by atoms with E-state index < -0.39 is 16.2 Å². The zero-order chi connectivity index (χ0) is 19.0. The van der Waals surface area contributed by atoms with Crippen molar-refractivity contribution in [1.29, 1.82) is 5.26 Å². The number of benzene rings is 2. The molecule has 0 bridgehead atoms. The van der Waals surface area contributed by atoms with Gasteiger partial charge in [-0.05, 0) is 42.3 Å². The molecule has 0 radical (unpaired) electrons. The number of nitriles is 1. The van der Waals surface area contributed by atoms with Gasteiger partial charge in [-0.3, -0.25) is 9.52 Å². The van der Waals surface area contributed by atoms with Crippen LogP contribution in [0.25, 0.3) is 11.1 Å². The number of hydrogen-bond acceptors (Lipinski definition) is 5. The van der Waals surface area contributed by atoms with Crippen LogP contribution in [0.3, 0.4) is 0 Å². The molecule has 0 fully saturated rings. The van der Waals surface area contributed by atoms with Gasteiger partial charge >= 0.3 is 5.97 Å². The molecule has 0 aliphatic rings. The SMILES string of the molecule is CCOC(=O)CCNS(=O)(=O)Nc1ccc(-c2ccc(C#N)cc2)cc1. The first-order valence-electron chi connectivity index (χ1n) is 7.97. The van der Waals surface area contributed by atoms with E-state index in [0.29, 0.717) is 11.3 Å². The zero-order valence-corrected chi connectivity index (χ0v) is 15.0. The topological polar surface area (TPSA) is 108 Å². The van der Waals surface area contributed by atoms with Gasteiger partial charge in [-0.1, -0.05) is 24.3 Å². The van der Waals surface area contributed by atoms with E-state index in [2.05, 4.69) is 15.5 Å². The minimum Gasteiger partial charge on any atom is -0.466 e. The van der Waals surface area contributed by atoms with Crippen LogP contribution in [0.4, 0.5) is 5.69 Å². The summed E-state index contributed by atoms with van der Waals surface area (Å²) in [7, 11) is -3.78. The second-order valence-electron chi connectivity index (χ2n) is 5.32. The number of carbonyl (C=O) groups is 1. The van der Waals surface area contributed by atoms with Crippen LogP contribution in [-0.4, -0.2) is 27.5 Å². The average molecular weight is 373 g/mol. The Kier molecular flexibility index (Phi) is 6.72. The summed E-state index contributed by atoms with van der Waals surface area (Å²) in [6, 6.07) is 16.0. The maximum atomic E-state index is 12.0. The molecule has 2 N–H and O–H groups in total. The molecule has 0 saturated carbocycles. The number of rotatable bonds is 8. The molecular weight excluding hydrogens is 354 g/mol. The third-order valence-corrected chi connectivity index (χ3v) is 4.50. The minimum atomic E-state index is -3.78. The lowest BCUT2D eigenvalue weighted by molar-refractivity contribution is -0.142. The van der Waals surface area contributed by atoms with Crippen LogP contribution < -0.4 is 9.44 Å². The number of anilines is 1. The van der Waals surface area contributed by atoms with Gasteiger partial charge in [0.2, 0.25) is 0 Å². The molecule has 0 aromatic heterocycles. The maximum Gasteiger partial charge on any atom is 0.307 e. The first kappa shape index (κ1) is 19.4. The highest BCUT2D eigenvalue weighted by Gasteiger charge is 2.11. The Morgan fingerprint density at radius 1 is 1.08 bits per heavy atom. The van der Waals surface area contributed by atoms with Gasteiger partial charge in [0.1, 0.15) is 0 Å². The smallest absolute Gasteiger partial charge is 0.307 e. The lowest BCUT2D eigenvalue weighted by atomic mass is 10.0. The van der Waals surface area contributed by atoms with Gasteiger partial charge in [-0.2, -0.15) is 18.4 Å². The van der Waals surface area contributed by atoms with Crippen molar-refractivity contribution in [3.05, 3.63) is 54.1 Å². The maximum absolute atomic E-state index is 12.0. The monoisotopic (exact) mass is 373 g/mol. The third-order valence-electron chi connectivity index (χ3n) is 3.41. The van der Waals surface area contributed by atoms with Gasteiger partial charge in [0.05, 0.1) is 24.7 Å². The summed E-state index contributed by atoms with van der Waals surface area (Å²) in [6.45, 7) is 1.90. The van der Waals surface area contributed by atoms with Gasteiger partial charge in [0, 0.05) is 12.2 Å². The van der Waals surface area contributed by atoms with E-state index >= 15 is 0 Å². The van der Waals surface area contributed by atoms with Crippen molar-refractivity contribution in [3.63, 3.8) is 0 Å². The summed E-state index contributed by atoms with van der Waals surface area (Å²) in [6.07, 6.45) is -0.0353.